The maximum Gasteiger partial charge on any atom is 0.195 e. The van der Waals surface area contributed by atoms with Gasteiger partial charge in [-0.1, -0.05) is 0 Å². The number of oxazole rings is 1. The van der Waals surface area contributed by atoms with Gasteiger partial charge >= 0.3 is 0 Å². The molecule has 1 aromatic carbocycles. The zero-order valence-electron chi connectivity index (χ0n) is 8.41. The molecular formula is C11H10F2N2O. The largest absolute Gasteiger partial charge is 0.448 e. The Bertz CT molecular complexity index is 496. The fourth-order valence-electron chi connectivity index (χ4n) is 1.37. The van der Waals surface area contributed by atoms with Crippen LogP contribution in [-0.4, -0.2) is 11.5 Å². The van der Waals surface area contributed by atoms with Gasteiger partial charge in [-0.2, -0.15) is 0 Å². The van der Waals surface area contributed by atoms with Gasteiger partial charge < -0.3 is 10.2 Å². The lowest BCUT2D eigenvalue weighted by atomic mass is 10.1. The van der Waals surface area contributed by atoms with E-state index < -0.39 is 11.6 Å². The van der Waals surface area contributed by atoms with Crippen molar-refractivity contribution in [2.45, 2.75) is 6.42 Å². The first-order valence-corrected chi connectivity index (χ1v) is 4.80. The number of nitrogens with zero attached hydrogens (tertiary/aromatic N) is 1. The Labute approximate surface area is 90.9 Å². The van der Waals surface area contributed by atoms with Gasteiger partial charge in [0.15, 0.2) is 5.89 Å². The van der Waals surface area contributed by atoms with Crippen molar-refractivity contribution in [3.63, 3.8) is 0 Å². The van der Waals surface area contributed by atoms with E-state index in [4.69, 9.17) is 10.2 Å². The number of rotatable bonds is 3. The maximum absolute atomic E-state index is 13.4. The van der Waals surface area contributed by atoms with Gasteiger partial charge in [-0.25, -0.2) is 13.8 Å². The zero-order valence-corrected chi connectivity index (χ0v) is 8.41. The molecule has 2 N–H and O–H groups in total. The molecule has 0 bridgehead atoms. The topological polar surface area (TPSA) is 52.0 Å². The van der Waals surface area contributed by atoms with Gasteiger partial charge in [0.25, 0.3) is 0 Å². The quantitative estimate of drug-likeness (QED) is 0.868. The molecule has 2 rings (SSSR count). The fraction of sp³-hybridized carbons (Fsp3) is 0.182. The van der Waals surface area contributed by atoms with E-state index in [-0.39, 0.29) is 11.3 Å². The molecule has 1 heterocycles. The highest BCUT2D eigenvalue weighted by atomic mass is 19.1. The van der Waals surface area contributed by atoms with Gasteiger partial charge in [-0.15, -0.1) is 0 Å². The molecule has 0 atom stereocenters. The molecule has 0 fully saturated rings. The van der Waals surface area contributed by atoms with E-state index >= 15 is 0 Å². The molecule has 3 nitrogen and oxygen atoms in total. The number of benzene rings is 1. The van der Waals surface area contributed by atoms with Crippen LogP contribution in [0.4, 0.5) is 8.78 Å². The van der Waals surface area contributed by atoms with Crippen LogP contribution < -0.4 is 5.73 Å². The summed E-state index contributed by atoms with van der Waals surface area (Å²) in [5.74, 6) is -0.630. The summed E-state index contributed by atoms with van der Waals surface area (Å²) in [6.07, 6.45) is 1.76. The summed E-state index contributed by atoms with van der Waals surface area (Å²) in [5.41, 5.74) is 5.70. The minimum Gasteiger partial charge on any atom is -0.448 e. The van der Waals surface area contributed by atoms with Gasteiger partial charge in [-0.05, 0) is 18.2 Å². The first-order chi connectivity index (χ1) is 7.70. The van der Waals surface area contributed by atoms with E-state index in [2.05, 4.69) is 4.98 Å². The Morgan fingerprint density at radius 3 is 2.88 bits per heavy atom. The first kappa shape index (κ1) is 10.8. The molecule has 84 valence electrons. The average Bonchev–Trinajstić information content (AvgIpc) is 2.71. The Kier molecular flexibility index (Phi) is 2.96. The molecule has 1 aromatic heterocycles. The second kappa shape index (κ2) is 4.40. The summed E-state index contributed by atoms with van der Waals surface area (Å²) in [6, 6.07) is 3.20. The molecule has 16 heavy (non-hydrogen) atoms. The third kappa shape index (κ3) is 2.09. The van der Waals surface area contributed by atoms with E-state index in [9.17, 15) is 8.78 Å². The predicted molar refractivity (Wildman–Crippen MR) is 54.6 cm³/mol. The lowest BCUT2D eigenvalue weighted by molar-refractivity contribution is 0.496. The summed E-state index contributed by atoms with van der Waals surface area (Å²) in [7, 11) is 0. The molecule has 0 unspecified atom stereocenters. The smallest absolute Gasteiger partial charge is 0.195 e. The van der Waals surface area contributed by atoms with Crippen molar-refractivity contribution >= 4 is 0 Å². The highest BCUT2D eigenvalue weighted by molar-refractivity contribution is 5.58. The van der Waals surface area contributed by atoms with Crippen LogP contribution in [-0.2, 0) is 6.42 Å². The Morgan fingerprint density at radius 2 is 2.12 bits per heavy atom. The van der Waals surface area contributed by atoms with Gasteiger partial charge in [0, 0.05) is 18.5 Å². The Balaban J connectivity index is 2.38. The van der Waals surface area contributed by atoms with E-state index in [0.717, 1.165) is 18.2 Å². The molecule has 0 aliphatic heterocycles. The van der Waals surface area contributed by atoms with Crippen molar-refractivity contribution in [3.8, 4) is 11.3 Å². The monoisotopic (exact) mass is 224 g/mol. The molecular weight excluding hydrogens is 214 g/mol. The molecule has 0 saturated heterocycles. The molecule has 0 saturated carbocycles. The van der Waals surface area contributed by atoms with Crippen LogP contribution >= 0.6 is 0 Å². The highest BCUT2D eigenvalue weighted by Crippen LogP contribution is 2.23. The van der Waals surface area contributed by atoms with Crippen molar-refractivity contribution in [2.75, 3.05) is 6.54 Å². The Hall–Kier alpha value is -1.75. The van der Waals surface area contributed by atoms with Crippen LogP contribution in [0.2, 0.25) is 0 Å². The van der Waals surface area contributed by atoms with E-state index in [1.165, 1.54) is 6.26 Å². The van der Waals surface area contributed by atoms with E-state index in [1.54, 1.807) is 0 Å². The molecule has 5 heteroatoms. The molecule has 0 aliphatic carbocycles. The normalized spacial score (nSPS) is 10.7. The van der Waals surface area contributed by atoms with Crippen molar-refractivity contribution in [2.24, 2.45) is 5.73 Å². The number of hydrogen-bond donors (Lipinski definition) is 1. The summed E-state index contributed by atoms with van der Waals surface area (Å²) < 4.78 is 31.4. The predicted octanol–water partition coefficient (Wildman–Crippen LogP) is 2.12. The van der Waals surface area contributed by atoms with E-state index in [0.29, 0.717) is 18.9 Å². The second-order valence-electron chi connectivity index (χ2n) is 3.29. The van der Waals surface area contributed by atoms with Crippen LogP contribution in [0.15, 0.2) is 28.9 Å². The van der Waals surface area contributed by atoms with Crippen LogP contribution in [0.25, 0.3) is 11.3 Å². The second-order valence-corrected chi connectivity index (χ2v) is 3.29. The lowest BCUT2D eigenvalue weighted by Crippen LogP contribution is -2.02. The first-order valence-electron chi connectivity index (χ1n) is 4.80. The van der Waals surface area contributed by atoms with Gasteiger partial charge in [0.05, 0.1) is 0 Å². The number of halogens is 2. The summed E-state index contributed by atoms with van der Waals surface area (Å²) in [4.78, 5) is 4.02. The van der Waals surface area contributed by atoms with Crippen molar-refractivity contribution < 1.29 is 13.2 Å². The zero-order chi connectivity index (χ0) is 11.5. The molecule has 0 aliphatic rings. The van der Waals surface area contributed by atoms with Crippen molar-refractivity contribution in [1.82, 2.24) is 4.98 Å². The molecule has 2 aromatic rings. The third-order valence-corrected chi connectivity index (χ3v) is 2.11. The number of hydrogen-bond acceptors (Lipinski definition) is 3. The standard InChI is InChI=1S/C11H10F2N2O/c12-7-1-2-9(13)8(5-7)10-6-16-11(15-10)3-4-14/h1-2,5-6H,3-4,14H2. The molecule has 0 amide bonds. The Morgan fingerprint density at radius 1 is 1.31 bits per heavy atom. The van der Waals surface area contributed by atoms with Crippen molar-refractivity contribution in [1.29, 1.82) is 0 Å². The van der Waals surface area contributed by atoms with Crippen LogP contribution in [0.1, 0.15) is 5.89 Å². The minimum atomic E-state index is -0.533. The van der Waals surface area contributed by atoms with Crippen LogP contribution in [0.5, 0.6) is 0 Å². The fourth-order valence-corrected chi connectivity index (χ4v) is 1.37. The third-order valence-electron chi connectivity index (χ3n) is 2.11. The number of aromatic nitrogens is 1. The van der Waals surface area contributed by atoms with Gasteiger partial charge in [0.2, 0.25) is 0 Å². The lowest BCUT2D eigenvalue weighted by Gasteiger charge is -1.97. The van der Waals surface area contributed by atoms with Gasteiger partial charge in [-0.3, -0.25) is 0 Å². The SMILES string of the molecule is NCCc1nc(-c2cc(F)ccc2F)co1. The summed E-state index contributed by atoms with van der Waals surface area (Å²) in [5, 5.41) is 0. The van der Waals surface area contributed by atoms with E-state index in [1.807, 2.05) is 0 Å². The highest BCUT2D eigenvalue weighted by Gasteiger charge is 2.11. The number of nitrogens with two attached hydrogens (primary N) is 1. The maximum atomic E-state index is 13.4. The average molecular weight is 224 g/mol. The summed E-state index contributed by atoms with van der Waals surface area (Å²) in [6.45, 7) is 0.394. The van der Waals surface area contributed by atoms with Crippen LogP contribution in [0, 0.1) is 11.6 Å². The van der Waals surface area contributed by atoms with Crippen LogP contribution in [0.3, 0.4) is 0 Å². The molecule has 0 spiro atoms. The summed E-state index contributed by atoms with van der Waals surface area (Å²) >= 11 is 0. The molecule has 0 radical (unpaired) electrons. The minimum absolute atomic E-state index is 0.0898. The van der Waals surface area contributed by atoms with Gasteiger partial charge in [0.1, 0.15) is 23.6 Å². The van der Waals surface area contributed by atoms with Crippen molar-refractivity contribution in [3.05, 3.63) is 42.0 Å².